The maximum absolute atomic E-state index is 12.6. The molecule has 0 radical (unpaired) electrons. The lowest BCUT2D eigenvalue weighted by molar-refractivity contribution is -0.144. The van der Waals surface area contributed by atoms with Gasteiger partial charge in [0.25, 0.3) is 0 Å². The maximum atomic E-state index is 12.6. The first-order valence-electron chi connectivity index (χ1n) is 11.3. The monoisotopic (exact) mass is 448 g/mol. The Hall–Kier alpha value is -3.41. The molecule has 2 aromatic carbocycles. The van der Waals surface area contributed by atoms with Crippen molar-refractivity contribution >= 4 is 17.9 Å². The molecule has 4 rings (SSSR count). The Balaban J connectivity index is 1.48. The molecule has 6 nitrogen and oxygen atoms in total. The van der Waals surface area contributed by atoms with Gasteiger partial charge in [-0.1, -0.05) is 54.6 Å². The van der Waals surface area contributed by atoms with Gasteiger partial charge in [0.1, 0.15) is 18.3 Å². The highest BCUT2D eigenvalue weighted by molar-refractivity contribution is 5.89. The van der Waals surface area contributed by atoms with Gasteiger partial charge in [-0.05, 0) is 36.6 Å². The molecule has 0 aromatic heterocycles. The average Bonchev–Trinajstić information content (AvgIpc) is 3.32. The number of fused-ring (bicyclic) bond motifs is 1. The number of rotatable bonds is 8. The molecule has 1 aliphatic heterocycles. The summed E-state index contributed by atoms with van der Waals surface area (Å²) in [7, 11) is 0. The summed E-state index contributed by atoms with van der Waals surface area (Å²) >= 11 is 0. The molecule has 1 saturated heterocycles. The summed E-state index contributed by atoms with van der Waals surface area (Å²) in [6.45, 7) is 1.39. The Morgan fingerprint density at radius 1 is 1.09 bits per heavy atom. The highest BCUT2D eigenvalue weighted by Gasteiger charge is 2.50. The van der Waals surface area contributed by atoms with Crippen LogP contribution in [0.15, 0.2) is 72.8 Å². The lowest BCUT2D eigenvalue weighted by atomic mass is 9.91. The van der Waals surface area contributed by atoms with Gasteiger partial charge in [0.2, 0.25) is 0 Å². The molecule has 0 N–H and O–H groups in total. The predicted octanol–water partition coefficient (Wildman–Crippen LogP) is 4.28. The van der Waals surface area contributed by atoms with Crippen molar-refractivity contribution in [1.82, 2.24) is 0 Å². The molecule has 1 heterocycles. The fraction of sp³-hybridized carbons (Fsp3) is 0.370. The smallest absolute Gasteiger partial charge is 0.338 e. The highest BCUT2D eigenvalue weighted by Crippen LogP contribution is 2.43. The van der Waals surface area contributed by atoms with Gasteiger partial charge in [-0.25, -0.2) is 4.79 Å². The van der Waals surface area contributed by atoms with Crippen molar-refractivity contribution < 1.29 is 28.6 Å². The van der Waals surface area contributed by atoms with Crippen molar-refractivity contribution in [3.8, 4) is 0 Å². The molecule has 0 amide bonds. The Labute approximate surface area is 193 Å². The van der Waals surface area contributed by atoms with E-state index in [1.54, 1.807) is 24.3 Å². The minimum absolute atomic E-state index is 0.0607. The van der Waals surface area contributed by atoms with Crippen LogP contribution in [-0.2, 0) is 30.2 Å². The third-order valence-electron chi connectivity index (χ3n) is 6.24. The SMILES string of the molecule is CC(=O)OC(C=CC1C(OC(=O)c2ccccc2)C[C@@H]2OC(=O)C[C@H]12)CCc1ccccc1. The standard InChI is InChI=1S/C27H28O6/c1-18(28)31-21(13-12-19-8-4-2-5-9-19)14-15-22-23-16-26(29)32-25(23)17-24(22)33-27(30)20-10-6-3-7-11-20/h2-11,14-15,21-25H,12-13,16-17H2,1H3/t21?,22?,23-,24?,25+/m1/s1. The quantitative estimate of drug-likeness (QED) is 0.341. The third-order valence-corrected chi connectivity index (χ3v) is 6.24. The van der Waals surface area contributed by atoms with E-state index in [2.05, 4.69) is 0 Å². The maximum Gasteiger partial charge on any atom is 0.338 e. The van der Waals surface area contributed by atoms with Crippen molar-refractivity contribution in [1.29, 1.82) is 0 Å². The van der Waals surface area contributed by atoms with Gasteiger partial charge >= 0.3 is 17.9 Å². The van der Waals surface area contributed by atoms with Gasteiger partial charge in [-0.2, -0.15) is 0 Å². The van der Waals surface area contributed by atoms with Crippen LogP contribution in [-0.4, -0.2) is 36.2 Å². The zero-order valence-corrected chi connectivity index (χ0v) is 18.6. The fourth-order valence-electron chi connectivity index (χ4n) is 4.68. The van der Waals surface area contributed by atoms with Crippen LogP contribution in [0, 0.1) is 11.8 Å². The number of benzene rings is 2. The summed E-state index contributed by atoms with van der Waals surface area (Å²) < 4.78 is 16.8. The number of ether oxygens (including phenoxy) is 3. The highest BCUT2D eigenvalue weighted by atomic mass is 16.6. The predicted molar refractivity (Wildman–Crippen MR) is 121 cm³/mol. The molecule has 172 valence electrons. The summed E-state index contributed by atoms with van der Waals surface area (Å²) in [5, 5.41) is 0. The second kappa shape index (κ2) is 10.5. The number of esters is 3. The molecule has 0 bridgehead atoms. The molecular weight excluding hydrogens is 420 g/mol. The van der Waals surface area contributed by atoms with Gasteiger partial charge < -0.3 is 14.2 Å². The van der Waals surface area contributed by atoms with E-state index in [9.17, 15) is 14.4 Å². The van der Waals surface area contributed by atoms with Crippen LogP contribution in [0.5, 0.6) is 0 Å². The van der Waals surface area contributed by atoms with E-state index in [1.165, 1.54) is 6.92 Å². The molecule has 6 heteroatoms. The molecule has 2 aromatic rings. The van der Waals surface area contributed by atoms with Crippen molar-refractivity contribution in [2.24, 2.45) is 11.8 Å². The molecular formula is C27H28O6. The van der Waals surface area contributed by atoms with Gasteiger partial charge in [0.15, 0.2) is 0 Å². The zero-order chi connectivity index (χ0) is 23.2. The van der Waals surface area contributed by atoms with E-state index in [0.29, 0.717) is 24.8 Å². The summed E-state index contributed by atoms with van der Waals surface area (Å²) in [4.78, 5) is 36.2. The molecule has 1 saturated carbocycles. The first-order valence-corrected chi connectivity index (χ1v) is 11.3. The molecule has 0 spiro atoms. The van der Waals surface area contributed by atoms with Crippen molar-refractivity contribution in [3.05, 3.63) is 83.9 Å². The Kier molecular flexibility index (Phi) is 7.23. The number of carbonyl (C=O) groups excluding carboxylic acids is 3. The molecule has 5 atom stereocenters. The molecule has 3 unspecified atom stereocenters. The second-order valence-electron chi connectivity index (χ2n) is 8.58. The van der Waals surface area contributed by atoms with Gasteiger partial charge in [-0.3, -0.25) is 9.59 Å². The van der Waals surface area contributed by atoms with Crippen LogP contribution in [0.25, 0.3) is 0 Å². The summed E-state index contributed by atoms with van der Waals surface area (Å²) in [5.74, 6) is -1.23. The molecule has 33 heavy (non-hydrogen) atoms. The largest absolute Gasteiger partial charge is 0.462 e. The molecule has 2 fully saturated rings. The number of carbonyl (C=O) groups is 3. The lowest BCUT2D eigenvalue weighted by Crippen LogP contribution is -2.25. The number of hydrogen-bond donors (Lipinski definition) is 0. The minimum Gasteiger partial charge on any atom is -0.462 e. The van der Waals surface area contributed by atoms with Gasteiger partial charge in [0, 0.05) is 25.2 Å². The fourth-order valence-corrected chi connectivity index (χ4v) is 4.68. The van der Waals surface area contributed by atoms with Gasteiger partial charge in [-0.15, -0.1) is 0 Å². The van der Waals surface area contributed by atoms with E-state index in [-0.39, 0.29) is 29.9 Å². The number of hydrogen-bond acceptors (Lipinski definition) is 6. The second-order valence-corrected chi connectivity index (χ2v) is 8.58. The Morgan fingerprint density at radius 2 is 1.79 bits per heavy atom. The normalized spacial score (nSPS) is 24.8. The minimum atomic E-state index is -0.413. The van der Waals surface area contributed by atoms with Crippen molar-refractivity contribution in [2.45, 2.75) is 50.9 Å². The van der Waals surface area contributed by atoms with Crippen LogP contribution in [0.3, 0.4) is 0 Å². The van der Waals surface area contributed by atoms with E-state index in [0.717, 1.165) is 12.0 Å². The molecule has 1 aliphatic carbocycles. The van der Waals surface area contributed by atoms with E-state index < -0.39 is 18.2 Å². The van der Waals surface area contributed by atoms with E-state index in [1.807, 2.05) is 48.6 Å². The summed E-state index contributed by atoms with van der Waals surface area (Å²) in [5.41, 5.74) is 1.64. The van der Waals surface area contributed by atoms with Gasteiger partial charge in [0.05, 0.1) is 12.0 Å². The van der Waals surface area contributed by atoms with Crippen LogP contribution < -0.4 is 0 Å². The summed E-state index contributed by atoms with van der Waals surface area (Å²) in [6, 6.07) is 18.8. The van der Waals surface area contributed by atoms with Crippen molar-refractivity contribution in [2.75, 3.05) is 0 Å². The van der Waals surface area contributed by atoms with Crippen LogP contribution in [0.2, 0.25) is 0 Å². The van der Waals surface area contributed by atoms with E-state index in [4.69, 9.17) is 14.2 Å². The lowest BCUT2D eigenvalue weighted by Gasteiger charge is -2.21. The van der Waals surface area contributed by atoms with E-state index >= 15 is 0 Å². The molecule has 2 aliphatic rings. The number of aryl methyl sites for hydroxylation is 1. The third kappa shape index (κ3) is 5.89. The Bertz CT molecular complexity index is 1000. The first-order chi connectivity index (χ1) is 16.0. The Morgan fingerprint density at radius 3 is 2.48 bits per heavy atom. The average molecular weight is 449 g/mol. The topological polar surface area (TPSA) is 78.9 Å². The first kappa shape index (κ1) is 22.8. The van der Waals surface area contributed by atoms with Crippen LogP contribution in [0.4, 0.5) is 0 Å². The zero-order valence-electron chi connectivity index (χ0n) is 18.6. The van der Waals surface area contributed by atoms with Crippen molar-refractivity contribution in [3.63, 3.8) is 0 Å². The summed E-state index contributed by atoms with van der Waals surface area (Å²) in [6.07, 6.45) is 4.86. The van der Waals surface area contributed by atoms with Crippen LogP contribution in [0.1, 0.15) is 42.1 Å². The van der Waals surface area contributed by atoms with Crippen LogP contribution >= 0.6 is 0 Å².